The van der Waals surface area contributed by atoms with E-state index in [1.807, 2.05) is 27.7 Å². The van der Waals surface area contributed by atoms with Gasteiger partial charge in [-0.1, -0.05) is 13.8 Å². The fourth-order valence-electron chi connectivity index (χ4n) is 4.37. The number of carbonyl (C=O) groups is 4. The molecule has 0 spiro atoms. The molecule has 0 aromatic heterocycles. The molecule has 2 saturated heterocycles. The molecule has 0 bridgehead atoms. The highest BCUT2D eigenvalue weighted by molar-refractivity contribution is 5.72. The average Bonchev–Trinajstić information content (AvgIpc) is 2.81. The van der Waals surface area contributed by atoms with Crippen molar-refractivity contribution in [3.63, 3.8) is 0 Å². The smallest absolute Gasteiger partial charge is 0.309 e. The van der Waals surface area contributed by atoms with E-state index < -0.39 is 11.6 Å². The maximum atomic E-state index is 11.9. The van der Waals surface area contributed by atoms with Gasteiger partial charge in [0, 0.05) is 40.0 Å². The molecule has 2 heterocycles. The van der Waals surface area contributed by atoms with E-state index in [0.717, 1.165) is 71.4 Å². The number of carbonyl (C=O) groups excluding carboxylic acids is 3. The first-order chi connectivity index (χ1) is 17.7. The van der Waals surface area contributed by atoms with Crippen LogP contribution >= 0.6 is 0 Å². The number of esters is 3. The minimum Gasteiger partial charge on any atom is -0.481 e. The topological polar surface area (TPSA) is 123 Å². The number of hydrogen-bond donors (Lipinski definition) is 1. The second kappa shape index (κ2) is 16.7. The van der Waals surface area contributed by atoms with Gasteiger partial charge >= 0.3 is 23.9 Å². The normalized spacial score (nSPS) is 19.4. The number of aliphatic carboxylic acids is 1. The summed E-state index contributed by atoms with van der Waals surface area (Å²) in [5.41, 5.74) is -0.423. The predicted molar refractivity (Wildman–Crippen MR) is 143 cm³/mol. The highest BCUT2D eigenvalue weighted by atomic mass is 16.6. The summed E-state index contributed by atoms with van der Waals surface area (Å²) >= 11 is 0. The van der Waals surface area contributed by atoms with Crippen LogP contribution in [0.5, 0.6) is 0 Å². The van der Waals surface area contributed by atoms with Gasteiger partial charge in [0.1, 0.15) is 17.8 Å². The molecular weight excluding hydrogens is 492 g/mol. The molecule has 0 aromatic rings. The number of likely N-dealkylation sites (tertiary alicyclic amines) is 2. The second-order valence-electron chi connectivity index (χ2n) is 11.6. The summed E-state index contributed by atoms with van der Waals surface area (Å²) in [4.78, 5) is 48.8. The highest BCUT2D eigenvalue weighted by Gasteiger charge is 2.25. The van der Waals surface area contributed by atoms with E-state index in [4.69, 9.17) is 19.3 Å². The van der Waals surface area contributed by atoms with Crippen LogP contribution in [0.25, 0.3) is 0 Å². The Labute approximate surface area is 228 Å². The Bertz CT molecular complexity index is 750. The van der Waals surface area contributed by atoms with Gasteiger partial charge in [-0.25, -0.2) is 0 Å². The number of ether oxygens (including phenoxy) is 3. The Morgan fingerprint density at radius 1 is 0.763 bits per heavy atom. The molecule has 0 saturated carbocycles. The Balaban J connectivity index is 0.000000389. The molecule has 10 heteroatoms. The van der Waals surface area contributed by atoms with Gasteiger partial charge in [0.05, 0.1) is 11.8 Å². The van der Waals surface area contributed by atoms with Crippen molar-refractivity contribution in [2.75, 3.05) is 39.3 Å². The Morgan fingerprint density at radius 2 is 1.13 bits per heavy atom. The summed E-state index contributed by atoms with van der Waals surface area (Å²) in [6, 6.07) is 0. The SMILES string of the molecule is CC(=O)OC1CCN(CC[C@H](C)C(=O)O)CC1.CC(=O)OC1CCN(CC[C@H](C)C(=O)OC(C)(C)C)CC1. The molecule has 2 atom stereocenters. The molecule has 0 aliphatic carbocycles. The number of hydrogen-bond acceptors (Lipinski definition) is 9. The van der Waals surface area contributed by atoms with Gasteiger partial charge in [0.2, 0.25) is 0 Å². The summed E-state index contributed by atoms with van der Waals surface area (Å²) in [7, 11) is 0. The standard InChI is InChI=1S/C16H29NO4.C12H21NO4/c1-12(15(19)21-16(3,4)5)6-9-17-10-7-14(8-11-17)20-13(2)18;1-9(12(15)16)3-6-13-7-4-11(5-8-13)17-10(2)14/h12,14H,6-11H2,1-5H3;9,11H,3-8H2,1-2H3,(H,15,16)/t12-;9-/m00/s1. The summed E-state index contributed by atoms with van der Waals surface area (Å²) in [6.07, 6.45) is 5.02. The molecule has 2 aliphatic rings. The van der Waals surface area contributed by atoms with Gasteiger partial charge in [-0.15, -0.1) is 0 Å². The van der Waals surface area contributed by atoms with Gasteiger partial charge < -0.3 is 29.1 Å². The third-order valence-electron chi connectivity index (χ3n) is 6.72. The van der Waals surface area contributed by atoms with E-state index in [1.165, 1.54) is 13.8 Å². The molecular formula is C28H50N2O8. The Morgan fingerprint density at radius 3 is 1.45 bits per heavy atom. The maximum absolute atomic E-state index is 11.9. The number of carboxylic acids is 1. The average molecular weight is 543 g/mol. The number of piperidine rings is 2. The zero-order valence-electron chi connectivity index (χ0n) is 24.5. The molecule has 0 radical (unpaired) electrons. The van der Waals surface area contributed by atoms with Crippen molar-refractivity contribution in [1.82, 2.24) is 9.80 Å². The fourth-order valence-corrected chi connectivity index (χ4v) is 4.37. The van der Waals surface area contributed by atoms with Crippen molar-refractivity contribution >= 4 is 23.9 Å². The van der Waals surface area contributed by atoms with Crippen LogP contribution in [0.3, 0.4) is 0 Å². The number of nitrogens with zero attached hydrogens (tertiary/aromatic N) is 2. The van der Waals surface area contributed by atoms with Crippen LogP contribution < -0.4 is 0 Å². The van der Waals surface area contributed by atoms with E-state index in [-0.39, 0.29) is 42.0 Å². The number of carboxylic acid groups (broad SMARTS) is 1. The van der Waals surface area contributed by atoms with Gasteiger partial charge in [-0.05, 0) is 72.4 Å². The molecule has 2 rings (SSSR count). The van der Waals surface area contributed by atoms with Crippen molar-refractivity contribution < 1.29 is 38.5 Å². The third kappa shape index (κ3) is 15.3. The molecule has 2 aliphatic heterocycles. The van der Waals surface area contributed by atoms with Crippen LogP contribution in [0.4, 0.5) is 0 Å². The van der Waals surface area contributed by atoms with Crippen LogP contribution in [0.1, 0.15) is 87.0 Å². The van der Waals surface area contributed by atoms with Gasteiger partial charge in [0.15, 0.2) is 0 Å². The van der Waals surface area contributed by atoms with E-state index in [9.17, 15) is 19.2 Å². The predicted octanol–water partition coefficient (Wildman–Crippen LogP) is 3.51. The van der Waals surface area contributed by atoms with Crippen LogP contribution in [-0.2, 0) is 33.4 Å². The van der Waals surface area contributed by atoms with Crippen molar-refractivity contribution in [3.05, 3.63) is 0 Å². The monoisotopic (exact) mass is 542 g/mol. The minimum absolute atomic E-state index is 0.0423. The van der Waals surface area contributed by atoms with E-state index >= 15 is 0 Å². The lowest BCUT2D eigenvalue weighted by atomic mass is 10.0. The van der Waals surface area contributed by atoms with Crippen LogP contribution in [0.15, 0.2) is 0 Å². The van der Waals surface area contributed by atoms with Gasteiger partial charge in [-0.3, -0.25) is 19.2 Å². The first-order valence-electron chi connectivity index (χ1n) is 13.9. The minimum atomic E-state index is -0.736. The first kappa shape index (κ1) is 33.8. The van der Waals surface area contributed by atoms with Gasteiger partial charge in [0.25, 0.3) is 0 Å². The molecule has 1 N–H and O–H groups in total. The van der Waals surface area contributed by atoms with Crippen molar-refractivity contribution in [3.8, 4) is 0 Å². The lowest BCUT2D eigenvalue weighted by molar-refractivity contribution is -0.160. The zero-order chi connectivity index (χ0) is 28.9. The van der Waals surface area contributed by atoms with Gasteiger partial charge in [-0.2, -0.15) is 0 Å². The van der Waals surface area contributed by atoms with Crippen molar-refractivity contribution in [2.24, 2.45) is 11.8 Å². The quantitative estimate of drug-likeness (QED) is 0.324. The molecule has 10 nitrogen and oxygen atoms in total. The Kier molecular flexibility index (Phi) is 14.9. The molecule has 0 unspecified atom stereocenters. The van der Waals surface area contributed by atoms with E-state index in [1.54, 1.807) is 6.92 Å². The zero-order valence-corrected chi connectivity index (χ0v) is 24.5. The first-order valence-corrected chi connectivity index (χ1v) is 13.9. The molecule has 220 valence electrons. The van der Waals surface area contributed by atoms with E-state index in [0.29, 0.717) is 6.42 Å². The lowest BCUT2D eigenvalue weighted by Gasteiger charge is -2.32. The fraction of sp³-hybridized carbons (Fsp3) is 0.857. The summed E-state index contributed by atoms with van der Waals surface area (Å²) in [5, 5.41) is 8.78. The maximum Gasteiger partial charge on any atom is 0.309 e. The van der Waals surface area contributed by atoms with Crippen LogP contribution in [0, 0.1) is 11.8 Å². The van der Waals surface area contributed by atoms with Crippen molar-refractivity contribution in [2.45, 2.75) is 105 Å². The summed E-state index contributed by atoms with van der Waals surface area (Å²) in [5.74, 6) is -1.66. The third-order valence-corrected chi connectivity index (χ3v) is 6.72. The Hall–Kier alpha value is -2.20. The molecule has 2 fully saturated rings. The summed E-state index contributed by atoms with van der Waals surface area (Å²) in [6.45, 7) is 17.5. The lowest BCUT2D eigenvalue weighted by Crippen LogP contribution is -2.39. The second-order valence-corrected chi connectivity index (χ2v) is 11.6. The van der Waals surface area contributed by atoms with E-state index in [2.05, 4.69) is 9.80 Å². The molecule has 38 heavy (non-hydrogen) atoms. The highest BCUT2D eigenvalue weighted by Crippen LogP contribution is 2.18. The summed E-state index contributed by atoms with van der Waals surface area (Å²) < 4.78 is 15.7. The van der Waals surface area contributed by atoms with Crippen LogP contribution in [0.2, 0.25) is 0 Å². The number of rotatable bonds is 10. The molecule has 0 aromatic carbocycles. The van der Waals surface area contributed by atoms with Crippen molar-refractivity contribution in [1.29, 1.82) is 0 Å². The largest absolute Gasteiger partial charge is 0.481 e. The molecule has 0 amide bonds. The van der Waals surface area contributed by atoms with Crippen LogP contribution in [-0.4, -0.2) is 95.9 Å².